The molecule has 1 saturated carbocycles. The molecule has 0 bridgehead atoms. The van der Waals surface area contributed by atoms with E-state index < -0.39 is 5.54 Å². The number of nitrogens with one attached hydrogen (secondary N) is 1. The summed E-state index contributed by atoms with van der Waals surface area (Å²) in [6.07, 6.45) is 8.43. The Kier molecular flexibility index (Phi) is 10.9. The van der Waals surface area contributed by atoms with Gasteiger partial charge in [0.15, 0.2) is 5.82 Å². The zero-order valence-electron chi connectivity index (χ0n) is 37.0. The second-order valence-electron chi connectivity index (χ2n) is 18.9. The van der Waals surface area contributed by atoms with Crippen molar-refractivity contribution in [3.8, 4) is 22.8 Å². The van der Waals surface area contributed by atoms with Crippen LogP contribution in [0.1, 0.15) is 70.3 Å². The number of likely N-dealkylation sites (tertiary alicyclic amines) is 1. The Hall–Kier alpha value is -6.25. The molecule has 4 saturated heterocycles. The number of rotatable bonds is 8. The number of imide groups is 1. The molecule has 15 heteroatoms. The topological polar surface area (TPSA) is 164 Å². The van der Waals surface area contributed by atoms with Crippen LogP contribution in [0.3, 0.4) is 0 Å². The number of carbonyl (C=O) groups excluding carboxylic acids is 3. The van der Waals surface area contributed by atoms with Crippen LogP contribution in [0.4, 0.5) is 33.4 Å². The van der Waals surface area contributed by atoms with Crippen molar-refractivity contribution in [1.29, 1.82) is 0 Å². The molecule has 3 aromatic carbocycles. The maximum absolute atomic E-state index is 13.9. The van der Waals surface area contributed by atoms with Gasteiger partial charge >= 0.3 is 6.03 Å². The van der Waals surface area contributed by atoms with Gasteiger partial charge in [-0.2, -0.15) is 0 Å². The molecule has 4 aromatic rings. The first-order valence-electron chi connectivity index (χ1n) is 23.2. The first kappa shape index (κ1) is 41.7. The molecule has 64 heavy (non-hydrogen) atoms. The van der Waals surface area contributed by atoms with Crippen molar-refractivity contribution in [1.82, 2.24) is 25.3 Å². The summed E-state index contributed by atoms with van der Waals surface area (Å²) < 4.78 is 6.64. The summed E-state index contributed by atoms with van der Waals surface area (Å²) in [7, 11) is 1.96. The van der Waals surface area contributed by atoms with E-state index in [1.807, 2.05) is 48.0 Å². The molecule has 15 nitrogen and oxygen atoms in total. The number of amides is 4. The summed E-state index contributed by atoms with van der Waals surface area (Å²) in [5.41, 5.74) is 12.5. The highest BCUT2D eigenvalue weighted by atomic mass is 16.5. The maximum Gasteiger partial charge on any atom is 0.319 e. The third-order valence-corrected chi connectivity index (χ3v) is 15.2. The zero-order chi connectivity index (χ0) is 44.2. The number of carbonyl (C=O) groups is 3. The predicted molar refractivity (Wildman–Crippen MR) is 248 cm³/mol. The molecule has 5 fully saturated rings. The number of fused-ring (bicyclic) bond motifs is 1. The Labute approximate surface area is 375 Å². The fraction of sp³-hybridized carbons (Fsp3) is 0.490. The van der Waals surface area contributed by atoms with Gasteiger partial charge in [0.2, 0.25) is 5.91 Å². The van der Waals surface area contributed by atoms with E-state index in [9.17, 15) is 19.5 Å². The Morgan fingerprint density at radius 3 is 2.33 bits per heavy atom. The Morgan fingerprint density at radius 1 is 0.812 bits per heavy atom. The maximum atomic E-state index is 13.9. The van der Waals surface area contributed by atoms with Gasteiger partial charge in [0.05, 0.1) is 16.9 Å². The number of benzene rings is 3. The average Bonchev–Trinajstić information content (AvgIpc) is 3.75. The first-order chi connectivity index (χ1) is 31.0. The monoisotopic (exact) mass is 868 g/mol. The number of aromatic hydroxyl groups is 1. The second kappa shape index (κ2) is 16.7. The molecule has 10 rings (SSSR count). The fourth-order valence-corrected chi connectivity index (χ4v) is 11.3. The first-order valence-corrected chi connectivity index (χ1v) is 23.2. The summed E-state index contributed by atoms with van der Waals surface area (Å²) in [5, 5.41) is 21.6. The molecular weight excluding hydrogens is 809 g/mol. The molecule has 336 valence electrons. The molecule has 6 heterocycles. The van der Waals surface area contributed by atoms with Gasteiger partial charge in [0, 0.05) is 119 Å². The van der Waals surface area contributed by atoms with Crippen molar-refractivity contribution in [2.45, 2.75) is 94.4 Å². The second-order valence-corrected chi connectivity index (χ2v) is 18.9. The van der Waals surface area contributed by atoms with E-state index in [-0.39, 0.29) is 41.3 Å². The van der Waals surface area contributed by atoms with E-state index in [1.165, 1.54) is 17.7 Å². The number of nitrogens with two attached hydrogens (primary N) is 1. The van der Waals surface area contributed by atoms with E-state index in [0.717, 1.165) is 107 Å². The number of hydrogen-bond donors (Lipinski definition) is 3. The summed E-state index contributed by atoms with van der Waals surface area (Å²) >= 11 is 0. The van der Waals surface area contributed by atoms with Crippen molar-refractivity contribution < 1.29 is 24.2 Å². The van der Waals surface area contributed by atoms with Crippen LogP contribution >= 0.6 is 0 Å². The molecule has 0 unspecified atom stereocenters. The number of aromatic nitrogens is 2. The standard InChI is InChI=1S/C49H60N10O5/c1-48(22-14-44(61)51-46(48)62)59-27-19-38-40(11-6-12-41(38)59)55-23-15-33(16-24-55)54(2)47(63)56-25-17-35(18-26-56)64-36-9-5-8-34(30-36)58-29-28-57(32-49(58)20-7-21-49)42-31-39(52-53-45(42)50)37-10-3-4-13-43(37)60/h3-6,8-13,30-31,33,35,60H,7,14-29,32H2,1-2H3,(H2,50,53)(H,51,61,62)/t48-/m0/s1. The lowest BCUT2D eigenvalue weighted by Gasteiger charge is -2.57. The van der Waals surface area contributed by atoms with Crippen LogP contribution in [0.25, 0.3) is 11.3 Å². The molecule has 1 aromatic heterocycles. The van der Waals surface area contributed by atoms with Gasteiger partial charge in [-0.1, -0.05) is 24.3 Å². The third kappa shape index (κ3) is 7.55. The van der Waals surface area contributed by atoms with Gasteiger partial charge in [-0.3, -0.25) is 14.9 Å². The normalized spacial score (nSPS) is 22.6. The number of ether oxygens (including phenoxy) is 1. The minimum Gasteiger partial charge on any atom is -0.507 e. The molecule has 4 N–H and O–H groups in total. The SMILES string of the molecule is CN(C(=O)N1CCC(Oc2cccc(N3CCN(c4cc(-c5ccccc5O)nnc4N)CC34CCC4)c2)CC1)C1CCN(c2cccc3c2CCN3[C@@]2(C)CCC(=O)NC2=O)CC1. The lowest BCUT2D eigenvalue weighted by molar-refractivity contribution is -0.137. The van der Waals surface area contributed by atoms with Crippen molar-refractivity contribution >= 4 is 46.4 Å². The summed E-state index contributed by atoms with van der Waals surface area (Å²) in [6.45, 7) is 8.14. The fourth-order valence-electron chi connectivity index (χ4n) is 11.3. The third-order valence-electron chi connectivity index (χ3n) is 15.2. The Bertz CT molecular complexity index is 2430. The minimum atomic E-state index is -0.740. The Morgan fingerprint density at radius 2 is 1.58 bits per heavy atom. The summed E-state index contributed by atoms with van der Waals surface area (Å²) in [5.74, 6) is 1.01. The number of piperazine rings is 1. The van der Waals surface area contributed by atoms with Crippen molar-refractivity contribution in [2.24, 2.45) is 0 Å². The molecule has 6 aliphatic rings. The molecule has 1 atom stereocenters. The number of anilines is 5. The number of hydrogen-bond acceptors (Lipinski definition) is 12. The molecule has 1 aliphatic carbocycles. The highest BCUT2D eigenvalue weighted by molar-refractivity contribution is 6.04. The van der Waals surface area contributed by atoms with Crippen LogP contribution in [0, 0.1) is 0 Å². The predicted octanol–water partition coefficient (Wildman–Crippen LogP) is 5.80. The number of urea groups is 1. The Balaban J connectivity index is 0.721. The number of phenols is 1. The van der Waals surface area contributed by atoms with Gasteiger partial charge in [-0.25, -0.2) is 4.79 Å². The van der Waals surface area contributed by atoms with Crippen LogP contribution < -0.4 is 35.4 Å². The van der Waals surface area contributed by atoms with E-state index in [4.69, 9.17) is 10.5 Å². The van der Waals surface area contributed by atoms with Gasteiger partial charge in [-0.05, 0) is 94.3 Å². The van der Waals surface area contributed by atoms with E-state index in [0.29, 0.717) is 43.0 Å². The molecule has 1 spiro atoms. The van der Waals surface area contributed by atoms with Gasteiger partial charge in [0.25, 0.3) is 5.91 Å². The van der Waals surface area contributed by atoms with Crippen molar-refractivity contribution in [3.05, 3.63) is 78.4 Å². The van der Waals surface area contributed by atoms with E-state index >= 15 is 0 Å². The largest absolute Gasteiger partial charge is 0.507 e. The lowest BCUT2D eigenvalue weighted by Crippen LogP contribution is -2.66. The number of nitrogens with zero attached hydrogens (tertiary/aromatic N) is 8. The zero-order valence-corrected chi connectivity index (χ0v) is 37.0. The molecule has 5 aliphatic heterocycles. The van der Waals surface area contributed by atoms with Crippen LogP contribution in [0.15, 0.2) is 72.8 Å². The van der Waals surface area contributed by atoms with Crippen molar-refractivity contribution in [2.75, 3.05) is 84.7 Å². The molecular formula is C49H60N10O5. The lowest BCUT2D eigenvalue weighted by atomic mass is 9.73. The van der Waals surface area contributed by atoms with Gasteiger partial charge < -0.3 is 45.0 Å². The van der Waals surface area contributed by atoms with Crippen LogP contribution in [-0.2, 0) is 16.0 Å². The van der Waals surface area contributed by atoms with Crippen molar-refractivity contribution in [3.63, 3.8) is 0 Å². The van der Waals surface area contributed by atoms with Gasteiger partial charge in [-0.15, -0.1) is 10.2 Å². The smallest absolute Gasteiger partial charge is 0.319 e. The van der Waals surface area contributed by atoms with Gasteiger partial charge in [0.1, 0.15) is 23.1 Å². The quantitative estimate of drug-likeness (QED) is 0.183. The summed E-state index contributed by atoms with van der Waals surface area (Å²) in [6, 6.07) is 24.3. The average molecular weight is 869 g/mol. The number of piperidine rings is 3. The minimum absolute atomic E-state index is 0.0302. The summed E-state index contributed by atoms with van der Waals surface area (Å²) in [4.78, 5) is 52.3. The van der Waals surface area contributed by atoms with Crippen LogP contribution in [0.5, 0.6) is 11.5 Å². The number of para-hydroxylation sites is 1. The highest BCUT2D eigenvalue weighted by Crippen LogP contribution is 2.46. The molecule has 0 radical (unpaired) electrons. The van der Waals surface area contributed by atoms with Crippen LogP contribution in [-0.4, -0.2) is 126 Å². The molecule has 4 amide bonds. The van der Waals surface area contributed by atoms with E-state index in [1.54, 1.807) is 12.1 Å². The number of nitrogen functional groups attached to an aromatic ring is 1. The highest BCUT2D eigenvalue weighted by Gasteiger charge is 2.48. The van der Waals surface area contributed by atoms with E-state index in [2.05, 4.69) is 71.5 Å². The number of phenolic OH excluding ortho intramolecular Hbond substituents is 1. The van der Waals surface area contributed by atoms with Crippen LogP contribution in [0.2, 0.25) is 0 Å².